The summed E-state index contributed by atoms with van der Waals surface area (Å²) in [6, 6.07) is 14.8. The molecular weight excluding hydrogens is 292 g/mol. The van der Waals surface area contributed by atoms with Crippen molar-refractivity contribution in [3.05, 3.63) is 64.2 Å². The summed E-state index contributed by atoms with van der Waals surface area (Å²) in [5.41, 5.74) is 8.89. The molecule has 0 atom stereocenters. The number of anilines is 2. The Morgan fingerprint density at radius 2 is 1.78 bits per heavy atom. The van der Waals surface area contributed by atoms with E-state index in [0.717, 1.165) is 44.1 Å². The first-order chi connectivity index (χ1) is 11.1. The summed E-state index contributed by atoms with van der Waals surface area (Å²) in [6.07, 6.45) is 0. The minimum Gasteiger partial charge on any atom is -0.399 e. The van der Waals surface area contributed by atoms with Crippen LogP contribution >= 0.6 is 0 Å². The largest absolute Gasteiger partial charge is 0.399 e. The van der Waals surface area contributed by atoms with Gasteiger partial charge in [-0.15, -0.1) is 0 Å². The topological polar surface area (TPSA) is 75.6 Å². The van der Waals surface area contributed by atoms with Gasteiger partial charge in [0.1, 0.15) is 0 Å². The number of nitro groups is 1. The number of benzene rings is 2. The van der Waals surface area contributed by atoms with Gasteiger partial charge in [0.15, 0.2) is 0 Å². The van der Waals surface area contributed by atoms with E-state index >= 15 is 0 Å². The molecule has 1 aliphatic rings. The van der Waals surface area contributed by atoms with E-state index in [2.05, 4.69) is 15.9 Å². The summed E-state index contributed by atoms with van der Waals surface area (Å²) in [7, 11) is 0. The van der Waals surface area contributed by atoms with Gasteiger partial charge in [0.2, 0.25) is 0 Å². The Kier molecular flexibility index (Phi) is 4.43. The van der Waals surface area contributed by atoms with Crippen LogP contribution in [0.4, 0.5) is 17.1 Å². The predicted molar refractivity (Wildman–Crippen MR) is 91.4 cm³/mol. The molecule has 0 aliphatic carbocycles. The molecule has 23 heavy (non-hydrogen) atoms. The molecule has 0 spiro atoms. The lowest BCUT2D eigenvalue weighted by atomic mass is 10.1. The maximum absolute atomic E-state index is 10.9. The fourth-order valence-corrected chi connectivity index (χ4v) is 2.92. The number of nitrogens with two attached hydrogens (primary N) is 1. The average Bonchev–Trinajstić information content (AvgIpc) is 2.56. The number of nitrogens with zero attached hydrogens (tertiary/aromatic N) is 3. The van der Waals surface area contributed by atoms with Crippen molar-refractivity contribution in [2.45, 2.75) is 6.54 Å². The fourth-order valence-electron chi connectivity index (χ4n) is 2.92. The van der Waals surface area contributed by atoms with E-state index < -0.39 is 0 Å². The van der Waals surface area contributed by atoms with Gasteiger partial charge < -0.3 is 10.6 Å². The average molecular weight is 312 g/mol. The summed E-state index contributed by atoms with van der Waals surface area (Å²) in [6.45, 7) is 4.47. The SMILES string of the molecule is Nc1cccc(CN2CCN(c3cccc([N+](=O)[O-])c3)CC2)c1. The van der Waals surface area contributed by atoms with Crippen LogP contribution in [0.25, 0.3) is 0 Å². The summed E-state index contributed by atoms with van der Waals surface area (Å²) in [5, 5.41) is 10.9. The molecule has 0 radical (unpaired) electrons. The molecule has 6 nitrogen and oxygen atoms in total. The van der Waals surface area contributed by atoms with Crippen molar-refractivity contribution in [1.29, 1.82) is 0 Å². The molecule has 1 fully saturated rings. The van der Waals surface area contributed by atoms with Crippen LogP contribution in [-0.2, 0) is 6.54 Å². The Labute approximate surface area is 135 Å². The normalized spacial score (nSPS) is 15.6. The van der Waals surface area contributed by atoms with Crippen LogP contribution < -0.4 is 10.6 Å². The van der Waals surface area contributed by atoms with Crippen LogP contribution in [-0.4, -0.2) is 36.0 Å². The van der Waals surface area contributed by atoms with Crippen molar-refractivity contribution >= 4 is 17.1 Å². The second kappa shape index (κ2) is 6.66. The quantitative estimate of drug-likeness (QED) is 0.533. The molecule has 120 valence electrons. The highest BCUT2D eigenvalue weighted by molar-refractivity contribution is 5.53. The van der Waals surface area contributed by atoms with Gasteiger partial charge in [-0.1, -0.05) is 18.2 Å². The molecule has 2 aromatic rings. The van der Waals surface area contributed by atoms with E-state index in [-0.39, 0.29) is 10.6 Å². The lowest BCUT2D eigenvalue weighted by Gasteiger charge is -2.36. The molecule has 0 amide bonds. The van der Waals surface area contributed by atoms with Crippen LogP contribution in [0.2, 0.25) is 0 Å². The monoisotopic (exact) mass is 312 g/mol. The fraction of sp³-hybridized carbons (Fsp3) is 0.294. The first-order valence-corrected chi connectivity index (χ1v) is 7.68. The van der Waals surface area contributed by atoms with Gasteiger partial charge in [0, 0.05) is 56.2 Å². The molecule has 0 aromatic heterocycles. The lowest BCUT2D eigenvalue weighted by Crippen LogP contribution is -2.45. The molecule has 3 rings (SSSR count). The van der Waals surface area contributed by atoms with Gasteiger partial charge in [-0.05, 0) is 23.8 Å². The van der Waals surface area contributed by atoms with Gasteiger partial charge in [-0.25, -0.2) is 0 Å². The third kappa shape index (κ3) is 3.78. The van der Waals surface area contributed by atoms with Crippen molar-refractivity contribution < 1.29 is 4.92 Å². The number of rotatable bonds is 4. The van der Waals surface area contributed by atoms with Gasteiger partial charge in [0.25, 0.3) is 5.69 Å². The molecule has 0 saturated carbocycles. The van der Waals surface area contributed by atoms with Crippen LogP contribution in [0.1, 0.15) is 5.56 Å². The Bertz CT molecular complexity index is 696. The first kappa shape index (κ1) is 15.3. The Balaban J connectivity index is 1.60. The number of hydrogen-bond donors (Lipinski definition) is 1. The van der Waals surface area contributed by atoms with Gasteiger partial charge in [-0.3, -0.25) is 15.0 Å². The van der Waals surface area contributed by atoms with Crippen molar-refractivity contribution in [2.75, 3.05) is 36.8 Å². The third-order valence-electron chi connectivity index (χ3n) is 4.14. The summed E-state index contributed by atoms with van der Waals surface area (Å²) in [5.74, 6) is 0. The summed E-state index contributed by atoms with van der Waals surface area (Å²) >= 11 is 0. The van der Waals surface area contributed by atoms with E-state index in [9.17, 15) is 10.1 Å². The zero-order valence-corrected chi connectivity index (χ0v) is 12.9. The van der Waals surface area contributed by atoms with Crippen molar-refractivity contribution in [3.8, 4) is 0 Å². The van der Waals surface area contributed by atoms with Gasteiger partial charge in [0.05, 0.1) is 4.92 Å². The van der Waals surface area contributed by atoms with Crippen molar-refractivity contribution in [1.82, 2.24) is 4.90 Å². The van der Waals surface area contributed by atoms with E-state index in [1.165, 1.54) is 11.6 Å². The van der Waals surface area contributed by atoms with E-state index in [1.807, 2.05) is 24.3 Å². The van der Waals surface area contributed by atoms with Crippen molar-refractivity contribution in [2.24, 2.45) is 0 Å². The molecule has 2 N–H and O–H groups in total. The standard InChI is InChI=1S/C17H20N4O2/c18-15-4-1-3-14(11-15)13-19-7-9-20(10-8-19)16-5-2-6-17(12-16)21(22)23/h1-6,11-12H,7-10,13,18H2. The number of nitrogen functional groups attached to an aromatic ring is 1. The molecule has 1 aliphatic heterocycles. The molecular formula is C17H20N4O2. The Morgan fingerprint density at radius 3 is 2.48 bits per heavy atom. The van der Waals surface area contributed by atoms with E-state index in [1.54, 1.807) is 12.1 Å². The molecule has 0 unspecified atom stereocenters. The maximum Gasteiger partial charge on any atom is 0.271 e. The highest BCUT2D eigenvalue weighted by Gasteiger charge is 2.18. The Hall–Kier alpha value is -2.60. The van der Waals surface area contributed by atoms with E-state index in [4.69, 9.17) is 5.73 Å². The molecule has 6 heteroatoms. The summed E-state index contributed by atoms with van der Waals surface area (Å²) < 4.78 is 0. The number of non-ortho nitro benzene ring substituents is 1. The number of nitro benzene ring substituents is 1. The van der Waals surface area contributed by atoms with Gasteiger partial charge >= 0.3 is 0 Å². The molecule has 2 aromatic carbocycles. The summed E-state index contributed by atoms with van der Waals surface area (Å²) in [4.78, 5) is 15.1. The van der Waals surface area contributed by atoms with E-state index in [0.29, 0.717) is 0 Å². The van der Waals surface area contributed by atoms with Crippen LogP contribution in [0, 0.1) is 10.1 Å². The molecule has 1 heterocycles. The molecule has 0 bridgehead atoms. The maximum atomic E-state index is 10.9. The highest BCUT2D eigenvalue weighted by atomic mass is 16.6. The number of hydrogen-bond acceptors (Lipinski definition) is 5. The second-order valence-corrected chi connectivity index (χ2v) is 5.79. The van der Waals surface area contributed by atoms with Gasteiger partial charge in [-0.2, -0.15) is 0 Å². The Morgan fingerprint density at radius 1 is 1.04 bits per heavy atom. The first-order valence-electron chi connectivity index (χ1n) is 7.68. The molecule has 1 saturated heterocycles. The highest BCUT2D eigenvalue weighted by Crippen LogP contribution is 2.22. The second-order valence-electron chi connectivity index (χ2n) is 5.79. The predicted octanol–water partition coefficient (Wildman–Crippen LogP) is 2.50. The van der Waals surface area contributed by atoms with Crippen molar-refractivity contribution in [3.63, 3.8) is 0 Å². The smallest absolute Gasteiger partial charge is 0.271 e. The minimum atomic E-state index is -0.348. The van der Waals surface area contributed by atoms with Crippen LogP contribution in [0.15, 0.2) is 48.5 Å². The zero-order valence-electron chi connectivity index (χ0n) is 12.9. The third-order valence-corrected chi connectivity index (χ3v) is 4.14. The minimum absolute atomic E-state index is 0.143. The van der Waals surface area contributed by atoms with Crippen LogP contribution in [0.5, 0.6) is 0 Å². The van der Waals surface area contributed by atoms with Crippen LogP contribution in [0.3, 0.4) is 0 Å². The zero-order chi connectivity index (χ0) is 16.2. The lowest BCUT2D eigenvalue weighted by molar-refractivity contribution is -0.384. The number of piperazine rings is 1.